The van der Waals surface area contributed by atoms with Gasteiger partial charge in [-0.3, -0.25) is 0 Å². The average Bonchev–Trinajstić information content (AvgIpc) is 2.37. The Kier molecular flexibility index (Phi) is 3.09. The molecule has 1 aromatic heterocycles. The van der Waals surface area contributed by atoms with Crippen LogP contribution >= 0.6 is 11.3 Å². The van der Waals surface area contributed by atoms with Crippen LogP contribution in [-0.2, 0) is 6.42 Å². The van der Waals surface area contributed by atoms with E-state index >= 15 is 0 Å². The summed E-state index contributed by atoms with van der Waals surface area (Å²) in [7, 11) is 0. The Morgan fingerprint density at radius 2 is 2.27 bits per heavy atom. The molecule has 1 heterocycles. The third-order valence-corrected chi connectivity index (χ3v) is 2.91. The SMILES string of the molecule is CCCc1ccc([C@@H](C)O)s1. The molecule has 11 heavy (non-hydrogen) atoms. The van der Waals surface area contributed by atoms with E-state index < -0.39 is 0 Å². The van der Waals surface area contributed by atoms with E-state index in [1.165, 1.54) is 11.3 Å². The summed E-state index contributed by atoms with van der Waals surface area (Å²) in [6.07, 6.45) is 2.02. The molecule has 0 aliphatic heterocycles. The number of rotatable bonds is 3. The smallest absolute Gasteiger partial charge is 0.0854 e. The first-order valence-corrected chi connectivity index (χ1v) is 4.82. The zero-order chi connectivity index (χ0) is 8.27. The predicted octanol–water partition coefficient (Wildman–Crippen LogP) is 2.75. The molecule has 1 nitrogen and oxygen atoms in total. The highest BCUT2D eigenvalue weighted by atomic mass is 32.1. The Morgan fingerprint density at radius 1 is 1.55 bits per heavy atom. The highest BCUT2D eigenvalue weighted by molar-refractivity contribution is 7.12. The molecule has 1 N–H and O–H groups in total. The van der Waals surface area contributed by atoms with E-state index in [2.05, 4.69) is 13.0 Å². The van der Waals surface area contributed by atoms with Crippen LogP contribution in [0, 0.1) is 0 Å². The Balaban J connectivity index is 2.66. The van der Waals surface area contributed by atoms with Crippen molar-refractivity contribution in [1.82, 2.24) is 0 Å². The van der Waals surface area contributed by atoms with E-state index in [0.29, 0.717) is 0 Å². The van der Waals surface area contributed by atoms with Crippen LogP contribution in [0.25, 0.3) is 0 Å². The zero-order valence-electron chi connectivity index (χ0n) is 7.00. The lowest BCUT2D eigenvalue weighted by Gasteiger charge is -1.96. The van der Waals surface area contributed by atoms with Gasteiger partial charge >= 0.3 is 0 Å². The molecule has 0 bridgehead atoms. The summed E-state index contributed by atoms with van der Waals surface area (Å²) in [5, 5.41) is 9.22. The summed E-state index contributed by atoms with van der Waals surface area (Å²) in [5.74, 6) is 0. The predicted molar refractivity (Wildman–Crippen MR) is 48.9 cm³/mol. The van der Waals surface area contributed by atoms with Crippen molar-refractivity contribution in [2.45, 2.75) is 32.8 Å². The van der Waals surface area contributed by atoms with Gasteiger partial charge in [-0.05, 0) is 25.5 Å². The van der Waals surface area contributed by atoms with Crippen LogP contribution in [0.15, 0.2) is 12.1 Å². The molecule has 0 radical (unpaired) electrons. The minimum Gasteiger partial charge on any atom is -0.388 e. The highest BCUT2D eigenvalue weighted by Gasteiger charge is 2.03. The van der Waals surface area contributed by atoms with Crippen molar-refractivity contribution in [3.8, 4) is 0 Å². The Morgan fingerprint density at radius 3 is 2.73 bits per heavy atom. The Bertz CT molecular complexity index is 215. The van der Waals surface area contributed by atoms with Crippen molar-refractivity contribution < 1.29 is 5.11 Å². The van der Waals surface area contributed by atoms with Crippen LogP contribution in [0.2, 0.25) is 0 Å². The Hall–Kier alpha value is -0.340. The van der Waals surface area contributed by atoms with Crippen LogP contribution in [0.1, 0.15) is 36.1 Å². The molecule has 62 valence electrons. The van der Waals surface area contributed by atoms with E-state index in [0.717, 1.165) is 11.3 Å². The molecule has 1 atom stereocenters. The topological polar surface area (TPSA) is 20.2 Å². The first-order chi connectivity index (χ1) is 5.24. The van der Waals surface area contributed by atoms with Crippen molar-refractivity contribution in [2.24, 2.45) is 0 Å². The van der Waals surface area contributed by atoms with Gasteiger partial charge in [-0.1, -0.05) is 13.3 Å². The number of thiophene rings is 1. The lowest BCUT2D eigenvalue weighted by molar-refractivity contribution is 0.203. The summed E-state index contributed by atoms with van der Waals surface area (Å²) in [6, 6.07) is 4.12. The number of aliphatic hydroxyl groups excluding tert-OH is 1. The maximum absolute atomic E-state index is 9.22. The minimum absolute atomic E-state index is 0.300. The van der Waals surface area contributed by atoms with Gasteiger partial charge in [0.25, 0.3) is 0 Å². The highest BCUT2D eigenvalue weighted by Crippen LogP contribution is 2.23. The molecule has 0 aliphatic carbocycles. The monoisotopic (exact) mass is 170 g/mol. The van der Waals surface area contributed by atoms with Crippen LogP contribution < -0.4 is 0 Å². The summed E-state index contributed by atoms with van der Waals surface area (Å²) < 4.78 is 0. The number of hydrogen-bond acceptors (Lipinski definition) is 2. The first kappa shape index (κ1) is 8.75. The standard InChI is InChI=1S/C9H14OS/c1-3-4-8-5-6-9(11-8)7(2)10/h5-7,10H,3-4H2,1-2H3/t7-/m1/s1. The summed E-state index contributed by atoms with van der Waals surface area (Å²) in [6.45, 7) is 3.98. The van der Waals surface area contributed by atoms with Gasteiger partial charge in [0, 0.05) is 9.75 Å². The third-order valence-electron chi connectivity index (χ3n) is 1.59. The molecule has 0 fully saturated rings. The van der Waals surface area contributed by atoms with Gasteiger partial charge in [0.1, 0.15) is 0 Å². The van der Waals surface area contributed by atoms with Crippen molar-refractivity contribution in [2.75, 3.05) is 0 Å². The van der Waals surface area contributed by atoms with Crippen LogP contribution in [0.3, 0.4) is 0 Å². The van der Waals surface area contributed by atoms with Gasteiger partial charge in [0.2, 0.25) is 0 Å². The summed E-state index contributed by atoms with van der Waals surface area (Å²) in [5.41, 5.74) is 0. The minimum atomic E-state index is -0.300. The van der Waals surface area contributed by atoms with E-state index in [1.807, 2.05) is 13.0 Å². The molecule has 1 aromatic rings. The van der Waals surface area contributed by atoms with Gasteiger partial charge in [-0.15, -0.1) is 11.3 Å². The number of hydrogen-bond donors (Lipinski definition) is 1. The fourth-order valence-electron chi connectivity index (χ4n) is 1.000. The van der Waals surface area contributed by atoms with E-state index in [-0.39, 0.29) is 6.10 Å². The van der Waals surface area contributed by atoms with Crippen LogP contribution in [0.4, 0.5) is 0 Å². The number of aryl methyl sites for hydroxylation is 1. The molecule has 0 saturated heterocycles. The second-order valence-electron chi connectivity index (χ2n) is 2.73. The van der Waals surface area contributed by atoms with Crippen LogP contribution in [-0.4, -0.2) is 5.11 Å². The van der Waals surface area contributed by atoms with Crippen molar-refractivity contribution in [1.29, 1.82) is 0 Å². The van der Waals surface area contributed by atoms with Crippen molar-refractivity contribution in [3.05, 3.63) is 21.9 Å². The quantitative estimate of drug-likeness (QED) is 0.739. The molecule has 1 rings (SSSR count). The average molecular weight is 170 g/mol. The fraction of sp³-hybridized carbons (Fsp3) is 0.556. The van der Waals surface area contributed by atoms with Gasteiger partial charge in [-0.25, -0.2) is 0 Å². The van der Waals surface area contributed by atoms with Gasteiger partial charge in [-0.2, -0.15) is 0 Å². The van der Waals surface area contributed by atoms with Gasteiger partial charge in [0.05, 0.1) is 6.10 Å². The Labute approximate surface area is 71.7 Å². The molecule has 0 spiro atoms. The fourth-order valence-corrected chi connectivity index (χ4v) is 2.05. The van der Waals surface area contributed by atoms with E-state index in [9.17, 15) is 5.11 Å². The maximum Gasteiger partial charge on any atom is 0.0854 e. The molecule has 0 unspecified atom stereocenters. The molecule has 0 saturated carbocycles. The lowest BCUT2D eigenvalue weighted by Crippen LogP contribution is -1.83. The molecule has 0 aliphatic rings. The number of aliphatic hydroxyl groups is 1. The molecule has 0 aromatic carbocycles. The van der Waals surface area contributed by atoms with Gasteiger partial charge in [0.15, 0.2) is 0 Å². The van der Waals surface area contributed by atoms with E-state index in [1.54, 1.807) is 11.3 Å². The maximum atomic E-state index is 9.22. The first-order valence-electron chi connectivity index (χ1n) is 4.00. The molecular formula is C9H14OS. The molecule has 0 amide bonds. The largest absolute Gasteiger partial charge is 0.388 e. The second-order valence-corrected chi connectivity index (χ2v) is 3.93. The second kappa shape index (κ2) is 3.88. The zero-order valence-corrected chi connectivity index (χ0v) is 7.82. The lowest BCUT2D eigenvalue weighted by atomic mass is 10.3. The normalized spacial score (nSPS) is 13.4. The molecule has 2 heteroatoms. The summed E-state index contributed by atoms with van der Waals surface area (Å²) >= 11 is 1.72. The van der Waals surface area contributed by atoms with Crippen LogP contribution in [0.5, 0.6) is 0 Å². The molecular weight excluding hydrogens is 156 g/mol. The summed E-state index contributed by atoms with van der Waals surface area (Å²) in [4.78, 5) is 2.46. The third kappa shape index (κ3) is 2.31. The van der Waals surface area contributed by atoms with Crippen molar-refractivity contribution in [3.63, 3.8) is 0 Å². The van der Waals surface area contributed by atoms with E-state index in [4.69, 9.17) is 0 Å². The van der Waals surface area contributed by atoms with Gasteiger partial charge < -0.3 is 5.11 Å². The van der Waals surface area contributed by atoms with Crippen molar-refractivity contribution >= 4 is 11.3 Å².